The molecule has 0 spiro atoms. The molecule has 3 rings (SSSR count). The molecule has 1 heterocycles. The normalized spacial score (nSPS) is 21.7. The number of hydrogen-bond donors (Lipinski definition) is 1. The lowest BCUT2D eigenvalue weighted by Gasteiger charge is -2.31. The summed E-state index contributed by atoms with van der Waals surface area (Å²) in [5.41, 5.74) is 9.56. The van der Waals surface area contributed by atoms with Crippen molar-refractivity contribution in [3.63, 3.8) is 0 Å². The summed E-state index contributed by atoms with van der Waals surface area (Å²) in [5, 5.41) is 0. The largest absolute Gasteiger partial charge is 0.337 e. The Hall–Kier alpha value is -1.06. The number of carbonyl (C=O) groups is 1. The third kappa shape index (κ3) is 2.93. The van der Waals surface area contributed by atoms with Gasteiger partial charge in [-0.3, -0.25) is 4.79 Å². The number of nitrogens with zero attached hydrogens (tertiary/aromatic N) is 1. The average Bonchev–Trinajstić information content (AvgIpc) is 2.85. The standard InChI is InChI=1S/C15H20N2O.ClH/c16-14-5-2-8-17(10-14)15(18)13-7-6-11-3-1-4-12(11)9-13;/h6-7,9,14H,1-5,8,10,16H2;1H/t14-;/m1./s1. The van der Waals surface area contributed by atoms with E-state index in [0.29, 0.717) is 6.54 Å². The van der Waals surface area contributed by atoms with Crippen molar-refractivity contribution in [3.05, 3.63) is 34.9 Å². The first-order valence-corrected chi connectivity index (χ1v) is 6.91. The molecule has 4 heteroatoms. The zero-order chi connectivity index (χ0) is 12.5. The highest BCUT2D eigenvalue weighted by molar-refractivity contribution is 5.94. The lowest BCUT2D eigenvalue weighted by atomic mass is 10.0. The third-order valence-electron chi connectivity index (χ3n) is 4.09. The first-order valence-electron chi connectivity index (χ1n) is 6.91. The van der Waals surface area contributed by atoms with E-state index >= 15 is 0 Å². The van der Waals surface area contributed by atoms with Gasteiger partial charge in [0, 0.05) is 24.7 Å². The molecular formula is C15H21ClN2O. The number of piperidine rings is 1. The lowest BCUT2D eigenvalue weighted by molar-refractivity contribution is 0.0708. The zero-order valence-electron chi connectivity index (χ0n) is 11.1. The Morgan fingerprint density at radius 1 is 1.21 bits per heavy atom. The van der Waals surface area contributed by atoms with Gasteiger partial charge in [0.05, 0.1) is 0 Å². The summed E-state index contributed by atoms with van der Waals surface area (Å²) in [5.74, 6) is 0.153. The maximum atomic E-state index is 12.4. The second-order valence-electron chi connectivity index (χ2n) is 5.49. The first kappa shape index (κ1) is 14.4. The SMILES string of the molecule is Cl.N[C@@H]1CCCN(C(=O)c2ccc3c(c2)CCC3)C1. The number of fused-ring (bicyclic) bond motifs is 1. The molecule has 1 atom stereocenters. The molecule has 1 saturated heterocycles. The number of likely N-dealkylation sites (tertiary alicyclic amines) is 1. The Labute approximate surface area is 120 Å². The van der Waals surface area contributed by atoms with Gasteiger partial charge in [-0.25, -0.2) is 0 Å². The molecule has 0 radical (unpaired) electrons. The van der Waals surface area contributed by atoms with Crippen LogP contribution < -0.4 is 5.73 Å². The van der Waals surface area contributed by atoms with Crippen LogP contribution in [0.5, 0.6) is 0 Å². The van der Waals surface area contributed by atoms with Crippen molar-refractivity contribution in [1.82, 2.24) is 4.90 Å². The minimum atomic E-state index is 0. The van der Waals surface area contributed by atoms with E-state index in [1.165, 1.54) is 24.0 Å². The summed E-state index contributed by atoms with van der Waals surface area (Å²) in [7, 11) is 0. The fourth-order valence-corrected chi connectivity index (χ4v) is 3.08. The number of nitrogens with two attached hydrogens (primary N) is 1. The molecule has 0 unspecified atom stereocenters. The number of rotatable bonds is 1. The van der Waals surface area contributed by atoms with Crippen LogP contribution in [-0.4, -0.2) is 29.9 Å². The van der Waals surface area contributed by atoms with Crippen molar-refractivity contribution >= 4 is 18.3 Å². The topological polar surface area (TPSA) is 46.3 Å². The maximum Gasteiger partial charge on any atom is 0.253 e. The van der Waals surface area contributed by atoms with E-state index in [9.17, 15) is 4.79 Å². The first-order chi connectivity index (χ1) is 8.74. The maximum absolute atomic E-state index is 12.4. The van der Waals surface area contributed by atoms with Gasteiger partial charge in [0.1, 0.15) is 0 Å². The smallest absolute Gasteiger partial charge is 0.253 e. The Morgan fingerprint density at radius 2 is 2.00 bits per heavy atom. The lowest BCUT2D eigenvalue weighted by Crippen LogP contribution is -2.45. The highest BCUT2D eigenvalue weighted by Gasteiger charge is 2.23. The van der Waals surface area contributed by atoms with E-state index in [1.807, 2.05) is 11.0 Å². The minimum Gasteiger partial charge on any atom is -0.337 e. The van der Waals surface area contributed by atoms with Crippen molar-refractivity contribution in [1.29, 1.82) is 0 Å². The van der Waals surface area contributed by atoms with E-state index in [1.54, 1.807) is 0 Å². The van der Waals surface area contributed by atoms with E-state index in [4.69, 9.17) is 5.73 Å². The molecule has 1 aromatic carbocycles. The fourth-order valence-electron chi connectivity index (χ4n) is 3.08. The number of amides is 1. The monoisotopic (exact) mass is 280 g/mol. The molecule has 19 heavy (non-hydrogen) atoms. The molecule has 2 N–H and O–H groups in total. The van der Waals surface area contributed by atoms with Crippen molar-refractivity contribution < 1.29 is 4.79 Å². The Kier molecular flexibility index (Phi) is 4.48. The van der Waals surface area contributed by atoms with Crippen LogP contribution in [0.4, 0.5) is 0 Å². The molecule has 0 bridgehead atoms. The van der Waals surface area contributed by atoms with Crippen LogP contribution >= 0.6 is 12.4 Å². The number of carbonyl (C=O) groups excluding carboxylic acids is 1. The van der Waals surface area contributed by atoms with Crippen LogP contribution in [0.2, 0.25) is 0 Å². The molecule has 1 fully saturated rings. The Balaban J connectivity index is 0.00000133. The molecule has 1 aliphatic heterocycles. The summed E-state index contributed by atoms with van der Waals surface area (Å²) in [6.07, 6.45) is 5.57. The van der Waals surface area contributed by atoms with Crippen molar-refractivity contribution in [2.45, 2.75) is 38.1 Å². The molecule has 104 valence electrons. The number of benzene rings is 1. The quantitative estimate of drug-likeness (QED) is 0.857. The summed E-state index contributed by atoms with van der Waals surface area (Å²) < 4.78 is 0. The van der Waals surface area contributed by atoms with Gasteiger partial charge in [-0.05, 0) is 55.4 Å². The van der Waals surface area contributed by atoms with E-state index < -0.39 is 0 Å². The van der Waals surface area contributed by atoms with Gasteiger partial charge in [-0.15, -0.1) is 12.4 Å². The second kappa shape index (κ2) is 5.93. The van der Waals surface area contributed by atoms with Crippen molar-refractivity contribution in [2.75, 3.05) is 13.1 Å². The number of hydrogen-bond acceptors (Lipinski definition) is 2. The second-order valence-corrected chi connectivity index (χ2v) is 5.49. The molecule has 2 aliphatic rings. The molecular weight excluding hydrogens is 260 g/mol. The van der Waals surface area contributed by atoms with Crippen LogP contribution in [0, 0.1) is 0 Å². The minimum absolute atomic E-state index is 0. The van der Waals surface area contributed by atoms with Gasteiger partial charge >= 0.3 is 0 Å². The highest BCUT2D eigenvalue weighted by Crippen LogP contribution is 2.24. The molecule has 1 amide bonds. The van der Waals surface area contributed by atoms with E-state index in [-0.39, 0.29) is 24.4 Å². The summed E-state index contributed by atoms with van der Waals surface area (Å²) >= 11 is 0. The van der Waals surface area contributed by atoms with E-state index in [2.05, 4.69) is 12.1 Å². The number of aryl methyl sites for hydroxylation is 2. The predicted octanol–water partition coefficient (Wildman–Crippen LogP) is 2.16. The van der Waals surface area contributed by atoms with Crippen LogP contribution in [0.15, 0.2) is 18.2 Å². The summed E-state index contributed by atoms with van der Waals surface area (Å²) in [6, 6.07) is 6.34. The third-order valence-corrected chi connectivity index (χ3v) is 4.09. The predicted molar refractivity (Wildman–Crippen MR) is 78.8 cm³/mol. The van der Waals surface area contributed by atoms with Gasteiger partial charge in [0.25, 0.3) is 5.91 Å². The van der Waals surface area contributed by atoms with Crippen LogP contribution in [0.25, 0.3) is 0 Å². The molecule has 0 aromatic heterocycles. The van der Waals surface area contributed by atoms with Crippen molar-refractivity contribution in [3.8, 4) is 0 Å². The zero-order valence-corrected chi connectivity index (χ0v) is 11.9. The van der Waals surface area contributed by atoms with Gasteiger partial charge < -0.3 is 10.6 Å². The molecule has 3 nitrogen and oxygen atoms in total. The molecule has 0 saturated carbocycles. The van der Waals surface area contributed by atoms with Gasteiger partial charge in [0.15, 0.2) is 0 Å². The molecule has 1 aliphatic carbocycles. The van der Waals surface area contributed by atoms with Crippen LogP contribution in [0.3, 0.4) is 0 Å². The number of halogens is 1. The van der Waals surface area contributed by atoms with Crippen LogP contribution in [-0.2, 0) is 12.8 Å². The van der Waals surface area contributed by atoms with Gasteiger partial charge in [-0.2, -0.15) is 0 Å². The highest BCUT2D eigenvalue weighted by atomic mass is 35.5. The molecule has 1 aromatic rings. The fraction of sp³-hybridized carbons (Fsp3) is 0.533. The Bertz CT molecular complexity index is 475. The summed E-state index contributed by atoms with van der Waals surface area (Å²) in [6.45, 7) is 1.56. The summed E-state index contributed by atoms with van der Waals surface area (Å²) in [4.78, 5) is 14.3. The van der Waals surface area contributed by atoms with Gasteiger partial charge in [0.2, 0.25) is 0 Å². The Morgan fingerprint density at radius 3 is 2.79 bits per heavy atom. The van der Waals surface area contributed by atoms with E-state index in [0.717, 1.165) is 31.4 Å². The average molecular weight is 281 g/mol. The van der Waals surface area contributed by atoms with Crippen LogP contribution in [0.1, 0.15) is 40.7 Å². The van der Waals surface area contributed by atoms with Crippen molar-refractivity contribution in [2.24, 2.45) is 5.73 Å². The van der Waals surface area contributed by atoms with Gasteiger partial charge in [-0.1, -0.05) is 6.07 Å².